The molecular formula is C12H13Cl2NO3S. The van der Waals surface area contributed by atoms with Crippen LogP contribution in [0.2, 0.25) is 10.0 Å². The molecule has 7 heteroatoms. The minimum atomic E-state index is -2.95. The molecule has 0 spiro atoms. The van der Waals surface area contributed by atoms with Crippen molar-refractivity contribution in [2.24, 2.45) is 5.92 Å². The third-order valence-electron chi connectivity index (χ3n) is 2.95. The lowest BCUT2D eigenvalue weighted by Gasteiger charge is -2.09. The van der Waals surface area contributed by atoms with Crippen LogP contribution in [0, 0.1) is 5.92 Å². The lowest BCUT2D eigenvalue weighted by Crippen LogP contribution is -2.17. The quantitative estimate of drug-likeness (QED) is 0.931. The number of carbonyl (C=O) groups excluding carboxylic acids is 1. The molecule has 1 aliphatic heterocycles. The molecule has 0 saturated carbocycles. The highest BCUT2D eigenvalue weighted by atomic mass is 35.5. The van der Waals surface area contributed by atoms with E-state index in [9.17, 15) is 13.2 Å². The van der Waals surface area contributed by atoms with Crippen LogP contribution in [0.25, 0.3) is 0 Å². The van der Waals surface area contributed by atoms with E-state index >= 15 is 0 Å². The highest BCUT2D eigenvalue weighted by molar-refractivity contribution is 7.91. The first-order valence-electron chi connectivity index (χ1n) is 5.80. The average molecular weight is 322 g/mol. The van der Waals surface area contributed by atoms with Gasteiger partial charge < -0.3 is 5.32 Å². The highest BCUT2D eigenvalue weighted by Gasteiger charge is 2.29. The van der Waals surface area contributed by atoms with E-state index < -0.39 is 9.84 Å². The fraction of sp³-hybridized carbons (Fsp3) is 0.417. The van der Waals surface area contributed by atoms with Crippen molar-refractivity contribution >= 4 is 44.6 Å². The molecule has 19 heavy (non-hydrogen) atoms. The maximum absolute atomic E-state index is 11.8. The van der Waals surface area contributed by atoms with Crippen LogP contribution in [0.3, 0.4) is 0 Å². The van der Waals surface area contributed by atoms with E-state index in [1.54, 1.807) is 18.2 Å². The minimum absolute atomic E-state index is 0.0940. The molecule has 1 N–H and O–H groups in total. The number of amides is 1. The Bertz CT molecular complexity index is 581. The summed E-state index contributed by atoms with van der Waals surface area (Å²) in [4.78, 5) is 11.8. The van der Waals surface area contributed by atoms with Gasteiger partial charge in [-0.15, -0.1) is 0 Å². The van der Waals surface area contributed by atoms with Crippen molar-refractivity contribution < 1.29 is 13.2 Å². The molecule has 0 aromatic heterocycles. The van der Waals surface area contributed by atoms with E-state index in [1.165, 1.54) is 0 Å². The van der Waals surface area contributed by atoms with E-state index in [4.69, 9.17) is 23.2 Å². The third kappa shape index (κ3) is 4.37. The summed E-state index contributed by atoms with van der Waals surface area (Å²) in [6.07, 6.45) is 0.745. The van der Waals surface area contributed by atoms with Gasteiger partial charge in [-0.3, -0.25) is 4.79 Å². The Balaban J connectivity index is 1.95. The molecule has 0 bridgehead atoms. The van der Waals surface area contributed by atoms with Crippen LogP contribution in [0.1, 0.15) is 12.8 Å². The number of anilines is 1. The van der Waals surface area contributed by atoms with Gasteiger partial charge in [0.25, 0.3) is 0 Å². The molecule has 2 rings (SSSR count). The predicted octanol–water partition coefficient (Wildman–Crippen LogP) is 2.76. The van der Waals surface area contributed by atoms with Crippen LogP contribution < -0.4 is 5.32 Å². The average Bonchev–Trinajstić information content (AvgIpc) is 2.55. The Labute approximate surface area is 122 Å². The lowest BCUT2D eigenvalue weighted by molar-refractivity contribution is -0.116. The molecule has 4 nitrogen and oxygen atoms in total. The fourth-order valence-electron chi connectivity index (χ4n) is 2.13. The SMILES string of the molecule is O=C(C[C@H]1CCS(=O)(=O)C1)Nc1cc(Cl)cc(Cl)c1. The van der Waals surface area contributed by atoms with Crippen LogP contribution in [0.15, 0.2) is 18.2 Å². The topological polar surface area (TPSA) is 63.2 Å². The maximum atomic E-state index is 11.8. The molecule has 1 atom stereocenters. The number of benzene rings is 1. The summed E-state index contributed by atoms with van der Waals surface area (Å²) in [6, 6.07) is 4.76. The van der Waals surface area contributed by atoms with Crippen LogP contribution in [0.4, 0.5) is 5.69 Å². The number of sulfone groups is 1. The van der Waals surface area contributed by atoms with E-state index in [1.807, 2.05) is 0 Å². The molecule has 1 fully saturated rings. The van der Waals surface area contributed by atoms with Gasteiger partial charge in [0.2, 0.25) is 5.91 Å². The summed E-state index contributed by atoms with van der Waals surface area (Å²) in [5.41, 5.74) is 0.517. The second kappa shape index (κ2) is 5.69. The normalized spacial score (nSPS) is 21.3. The van der Waals surface area contributed by atoms with Crippen molar-refractivity contribution in [1.82, 2.24) is 0 Å². The van der Waals surface area contributed by atoms with Crippen molar-refractivity contribution in [3.05, 3.63) is 28.2 Å². The number of carbonyl (C=O) groups is 1. The van der Waals surface area contributed by atoms with Gasteiger partial charge in [0.05, 0.1) is 11.5 Å². The summed E-state index contributed by atoms with van der Waals surface area (Å²) >= 11 is 11.7. The first-order chi connectivity index (χ1) is 8.84. The van der Waals surface area contributed by atoms with Crippen LogP contribution in [-0.2, 0) is 14.6 Å². The molecule has 1 aromatic carbocycles. The Morgan fingerprint density at radius 2 is 1.89 bits per heavy atom. The maximum Gasteiger partial charge on any atom is 0.224 e. The van der Waals surface area contributed by atoms with Gasteiger partial charge >= 0.3 is 0 Å². The Morgan fingerprint density at radius 3 is 2.42 bits per heavy atom. The second-order valence-electron chi connectivity index (χ2n) is 4.68. The zero-order valence-corrected chi connectivity index (χ0v) is 12.4. The van der Waals surface area contributed by atoms with Crippen LogP contribution in [-0.4, -0.2) is 25.8 Å². The zero-order chi connectivity index (χ0) is 14.0. The van der Waals surface area contributed by atoms with Gasteiger partial charge in [0.15, 0.2) is 9.84 Å². The Morgan fingerprint density at radius 1 is 1.26 bits per heavy atom. The minimum Gasteiger partial charge on any atom is -0.326 e. The highest BCUT2D eigenvalue weighted by Crippen LogP contribution is 2.24. The fourth-order valence-corrected chi connectivity index (χ4v) is 4.52. The number of hydrogen-bond acceptors (Lipinski definition) is 3. The molecular weight excluding hydrogens is 309 g/mol. The molecule has 0 unspecified atom stereocenters. The summed E-state index contributed by atoms with van der Waals surface area (Å²) in [5, 5.41) is 3.55. The predicted molar refractivity (Wildman–Crippen MR) is 76.5 cm³/mol. The van der Waals surface area contributed by atoms with Crippen molar-refractivity contribution in [2.45, 2.75) is 12.8 Å². The molecule has 1 amide bonds. The van der Waals surface area contributed by atoms with Gasteiger partial charge in [0, 0.05) is 22.2 Å². The van der Waals surface area contributed by atoms with Gasteiger partial charge in [-0.1, -0.05) is 23.2 Å². The van der Waals surface area contributed by atoms with Gasteiger partial charge in [0.1, 0.15) is 0 Å². The molecule has 1 heterocycles. The van der Waals surface area contributed by atoms with Crippen molar-refractivity contribution in [3.8, 4) is 0 Å². The van der Waals surface area contributed by atoms with E-state index in [0.717, 1.165) is 0 Å². The van der Waals surface area contributed by atoms with Crippen molar-refractivity contribution in [1.29, 1.82) is 0 Å². The number of rotatable bonds is 3. The molecule has 1 aliphatic rings. The number of hydrogen-bond donors (Lipinski definition) is 1. The van der Waals surface area contributed by atoms with Gasteiger partial charge in [-0.25, -0.2) is 8.42 Å². The Hall–Kier alpha value is -0.780. The summed E-state index contributed by atoms with van der Waals surface area (Å²) in [7, 11) is -2.95. The van der Waals surface area contributed by atoms with E-state index in [0.29, 0.717) is 22.2 Å². The second-order valence-corrected chi connectivity index (χ2v) is 7.78. The lowest BCUT2D eigenvalue weighted by atomic mass is 10.1. The molecule has 104 valence electrons. The van der Waals surface area contributed by atoms with Gasteiger partial charge in [-0.2, -0.15) is 0 Å². The largest absolute Gasteiger partial charge is 0.326 e. The van der Waals surface area contributed by atoms with E-state index in [2.05, 4.69) is 5.32 Å². The van der Waals surface area contributed by atoms with Gasteiger partial charge in [-0.05, 0) is 30.5 Å². The van der Waals surface area contributed by atoms with Crippen LogP contribution >= 0.6 is 23.2 Å². The Kier molecular flexibility index (Phi) is 4.38. The summed E-state index contributed by atoms with van der Waals surface area (Å²) in [6.45, 7) is 0. The smallest absolute Gasteiger partial charge is 0.224 e. The summed E-state index contributed by atoms with van der Waals surface area (Å²) < 4.78 is 22.6. The number of nitrogens with one attached hydrogen (secondary N) is 1. The standard InChI is InChI=1S/C12H13Cl2NO3S/c13-9-4-10(14)6-11(5-9)15-12(16)3-8-1-2-19(17,18)7-8/h4-6,8H,1-3,7H2,(H,15,16)/t8-/m1/s1. The zero-order valence-electron chi connectivity index (χ0n) is 10.0. The first kappa shape index (κ1) is 14.6. The molecule has 0 radical (unpaired) electrons. The molecule has 1 saturated heterocycles. The van der Waals surface area contributed by atoms with E-state index in [-0.39, 0.29) is 29.8 Å². The monoisotopic (exact) mass is 321 g/mol. The first-order valence-corrected chi connectivity index (χ1v) is 8.38. The summed E-state index contributed by atoms with van der Waals surface area (Å²) in [5.74, 6) is -0.0508. The third-order valence-corrected chi connectivity index (χ3v) is 5.22. The molecule has 0 aliphatic carbocycles. The molecule has 1 aromatic rings. The van der Waals surface area contributed by atoms with Crippen molar-refractivity contribution in [2.75, 3.05) is 16.8 Å². The van der Waals surface area contributed by atoms with Crippen LogP contribution in [0.5, 0.6) is 0 Å². The van der Waals surface area contributed by atoms with Crippen molar-refractivity contribution in [3.63, 3.8) is 0 Å². The number of halogens is 2.